The highest BCUT2D eigenvalue weighted by atomic mass is 19.1. The van der Waals surface area contributed by atoms with Crippen LogP contribution in [0.1, 0.15) is 55.5 Å². The molecule has 2 unspecified atom stereocenters. The van der Waals surface area contributed by atoms with Gasteiger partial charge in [-0.3, -0.25) is 0 Å². The summed E-state index contributed by atoms with van der Waals surface area (Å²) in [6.45, 7) is 2.12. The molecule has 1 heterocycles. The largest absolute Gasteiger partial charge is 0.508 e. The molecule has 4 rings (SSSR count). The lowest BCUT2D eigenvalue weighted by Gasteiger charge is -2.24. The number of aliphatic hydroxyl groups excluding tert-OH is 1. The number of allylic oxidation sites excluding steroid dienone is 1. The predicted molar refractivity (Wildman–Crippen MR) is 116 cm³/mol. The summed E-state index contributed by atoms with van der Waals surface area (Å²) in [5, 5.41) is 25.1. The van der Waals surface area contributed by atoms with E-state index in [1.165, 1.54) is 17.7 Å². The molecule has 1 aromatic heterocycles. The zero-order valence-electron chi connectivity index (χ0n) is 17.1. The number of rotatable bonds is 3. The smallest absolute Gasteiger partial charge is 0.123 e. The summed E-state index contributed by atoms with van der Waals surface area (Å²) in [6, 6.07) is 13.2. The third-order valence-electron chi connectivity index (χ3n) is 5.95. The van der Waals surface area contributed by atoms with Gasteiger partial charge >= 0.3 is 0 Å². The summed E-state index contributed by atoms with van der Waals surface area (Å²) < 4.78 is 15.2. The average molecular weight is 407 g/mol. The van der Waals surface area contributed by atoms with Gasteiger partial charge in [0, 0.05) is 0 Å². The molecule has 0 saturated carbocycles. The topological polar surface area (TPSA) is 58.3 Å². The Labute approximate surface area is 176 Å². The van der Waals surface area contributed by atoms with Crippen LogP contribution in [0.2, 0.25) is 0 Å². The van der Waals surface area contributed by atoms with E-state index in [1.54, 1.807) is 36.4 Å². The molecule has 156 valence electrons. The summed E-state index contributed by atoms with van der Waals surface area (Å²) >= 11 is 0. The van der Waals surface area contributed by atoms with Gasteiger partial charge in [0.05, 0.1) is 23.7 Å². The van der Waals surface area contributed by atoms with Crippen LogP contribution >= 0.6 is 0 Å². The van der Waals surface area contributed by atoms with Crippen LogP contribution in [0.25, 0.3) is 11.8 Å². The summed E-state index contributed by atoms with van der Waals surface area (Å²) in [5.41, 5.74) is 5.09. The van der Waals surface area contributed by atoms with Crippen molar-refractivity contribution in [2.24, 2.45) is 5.92 Å². The second-order valence-electron chi connectivity index (χ2n) is 8.16. The molecule has 2 N–H and O–H groups in total. The van der Waals surface area contributed by atoms with Gasteiger partial charge in [0.1, 0.15) is 11.6 Å². The van der Waals surface area contributed by atoms with Crippen LogP contribution < -0.4 is 0 Å². The Morgan fingerprint density at radius 3 is 2.50 bits per heavy atom. The second kappa shape index (κ2) is 8.84. The number of halogens is 1. The van der Waals surface area contributed by atoms with Crippen molar-refractivity contribution in [1.82, 2.24) is 9.78 Å². The molecule has 1 aliphatic rings. The molecular weight excluding hydrogens is 379 g/mol. The minimum absolute atomic E-state index is 0.127. The van der Waals surface area contributed by atoms with Gasteiger partial charge in [0.2, 0.25) is 0 Å². The first-order valence-corrected chi connectivity index (χ1v) is 10.5. The van der Waals surface area contributed by atoms with Crippen LogP contribution in [0.5, 0.6) is 5.75 Å². The van der Waals surface area contributed by atoms with Gasteiger partial charge in [0.25, 0.3) is 0 Å². The Morgan fingerprint density at radius 2 is 1.77 bits per heavy atom. The van der Waals surface area contributed by atoms with Crippen LogP contribution in [0, 0.1) is 11.7 Å². The summed E-state index contributed by atoms with van der Waals surface area (Å²) in [7, 11) is 0. The lowest BCUT2D eigenvalue weighted by atomic mass is 9.85. The first-order valence-electron chi connectivity index (χ1n) is 10.5. The fourth-order valence-corrected chi connectivity index (χ4v) is 4.22. The van der Waals surface area contributed by atoms with Crippen LogP contribution in [0.3, 0.4) is 0 Å². The zero-order chi connectivity index (χ0) is 21.1. The zero-order valence-corrected chi connectivity index (χ0v) is 17.1. The molecule has 0 radical (unpaired) electrons. The minimum Gasteiger partial charge on any atom is -0.508 e. The number of phenolic OH excluding ortho intramolecular Hbond substituents is 1. The molecule has 0 amide bonds. The third-order valence-corrected chi connectivity index (χ3v) is 5.95. The van der Waals surface area contributed by atoms with Crippen molar-refractivity contribution in [3.8, 4) is 11.4 Å². The third kappa shape index (κ3) is 4.46. The maximum Gasteiger partial charge on any atom is 0.123 e. The number of hydrogen-bond donors (Lipinski definition) is 2. The highest BCUT2D eigenvalue weighted by Gasteiger charge is 2.23. The van der Waals surface area contributed by atoms with E-state index in [0.29, 0.717) is 0 Å². The molecule has 30 heavy (non-hydrogen) atoms. The van der Waals surface area contributed by atoms with Crippen molar-refractivity contribution in [3.63, 3.8) is 0 Å². The van der Waals surface area contributed by atoms with Gasteiger partial charge in [-0.15, -0.1) is 0 Å². The molecule has 5 heteroatoms. The highest BCUT2D eigenvalue weighted by Crippen LogP contribution is 2.33. The molecule has 2 aromatic carbocycles. The maximum atomic E-state index is 13.3. The number of fused-ring (bicyclic) bond motifs is 1. The van der Waals surface area contributed by atoms with E-state index in [2.05, 4.69) is 18.1 Å². The van der Waals surface area contributed by atoms with Crippen LogP contribution in [0.15, 0.2) is 60.3 Å². The van der Waals surface area contributed by atoms with Gasteiger partial charge in [-0.1, -0.05) is 17.7 Å². The normalized spacial score (nSPS) is 18.4. The number of hydrogen-bond acceptors (Lipinski definition) is 3. The number of aromatic nitrogens is 2. The fourth-order valence-electron chi connectivity index (χ4n) is 4.22. The Morgan fingerprint density at radius 1 is 1.03 bits per heavy atom. The molecule has 0 spiro atoms. The van der Waals surface area contributed by atoms with E-state index >= 15 is 0 Å². The van der Waals surface area contributed by atoms with Gasteiger partial charge in [0.15, 0.2) is 0 Å². The first kappa shape index (κ1) is 20.4. The van der Waals surface area contributed by atoms with Crippen molar-refractivity contribution in [1.29, 1.82) is 0 Å². The Hall–Kier alpha value is -2.92. The molecular formula is C25H27FN2O2. The first-order chi connectivity index (χ1) is 14.5. The van der Waals surface area contributed by atoms with E-state index in [4.69, 9.17) is 0 Å². The van der Waals surface area contributed by atoms with E-state index in [-0.39, 0.29) is 17.5 Å². The summed E-state index contributed by atoms with van der Waals surface area (Å²) in [5.74, 6) is 0.0674. The van der Waals surface area contributed by atoms with E-state index in [0.717, 1.165) is 54.6 Å². The van der Waals surface area contributed by atoms with Crippen LogP contribution in [-0.4, -0.2) is 20.0 Å². The summed E-state index contributed by atoms with van der Waals surface area (Å²) in [4.78, 5) is 0. The molecule has 3 aromatic rings. The predicted octanol–water partition coefficient (Wildman–Crippen LogP) is 5.59. The molecule has 0 aliphatic heterocycles. The van der Waals surface area contributed by atoms with Crippen molar-refractivity contribution < 1.29 is 14.6 Å². The monoisotopic (exact) mass is 406 g/mol. The van der Waals surface area contributed by atoms with Crippen LogP contribution in [-0.2, 0) is 6.42 Å². The SMILES string of the molecule is CC1=Cc2c(cnn2-c2ccc(F)cc2)CCC(C(O)c2ccc(O)cc2)CCC1. The Kier molecular flexibility index (Phi) is 6.00. The molecule has 2 atom stereocenters. The van der Waals surface area contributed by atoms with Crippen LogP contribution in [0.4, 0.5) is 4.39 Å². The minimum atomic E-state index is -0.565. The standard InChI is InChI=1S/C25H27FN2O2/c1-17-3-2-4-18(25(30)19-7-13-23(29)14-8-19)5-6-20-16-27-28(24(20)15-17)22-11-9-21(26)10-12-22/h7-16,18,25,29-30H,2-6H2,1H3. The van der Waals surface area contributed by atoms with Crippen molar-refractivity contribution in [2.75, 3.05) is 0 Å². The fraction of sp³-hybridized carbons (Fsp3) is 0.320. The number of phenols is 1. The van der Waals surface area contributed by atoms with E-state index in [9.17, 15) is 14.6 Å². The molecule has 0 saturated heterocycles. The van der Waals surface area contributed by atoms with Gasteiger partial charge < -0.3 is 10.2 Å². The number of aryl methyl sites for hydroxylation is 1. The number of nitrogens with zero attached hydrogens (tertiary/aromatic N) is 2. The molecule has 1 aliphatic carbocycles. The number of aromatic hydroxyl groups is 1. The summed E-state index contributed by atoms with van der Waals surface area (Å²) in [6.07, 6.45) is 8.04. The number of benzene rings is 2. The van der Waals surface area contributed by atoms with E-state index < -0.39 is 6.10 Å². The van der Waals surface area contributed by atoms with Crippen molar-refractivity contribution >= 4 is 6.08 Å². The second-order valence-corrected chi connectivity index (χ2v) is 8.16. The van der Waals surface area contributed by atoms with Gasteiger partial charge in [-0.05, 0) is 98.5 Å². The number of aliphatic hydroxyl groups is 1. The van der Waals surface area contributed by atoms with Crippen molar-refractivity contribution in [2.45, 2.75) is 45.1 Å². The lowest BCUT2D eigenvalue weighted by molar-refractivity contribution is 0.0962. The van der Waals surface area contributed by atoms with Gasteiger partial charge in [-0.2, -0.15) is 5.10 Å². The lowest BCUT2D eigenvalue weighted by Crippen LogP contribution is -2.15. The Balaban J connectivity index is 1.62. The highest BCUT2D eigenvalue weighted by molar-refractivity contribution is 5.55. The van der Waals surface area contributed by atoms with Gasteiger partial charge in [-0.25, -0.2) is 9.07 Å². The van der Waals surface area contributed by atoms with Crippen molar-refractivity contribution in [3.05, 3.63) is 82.9 Å². The molecule has 0 bridgehead atoms. The molecule has 0 fully saturated rings. The quantitative estimate of drug-likeness (QED) is 0.596. The van der Waals surface area contributed by atoms with E-state index in [1.807, 2.05) is 10.9 Å². The molecule has 4 nitrogen and oxygen atoms in total. The maximum absolute atomic E-state index is 13.3. The average Bonchev–Trinajstić information content (AvgIpc) is 3.13. The Bertz CT molecular complexity index is 1020.